The molecule has 0 spiro atoms. The molecule has 10 heteroatoms. The highest BCUT2D eigenvalue weighted by Gasteiger charge is 2.34. The summed E-state index contributed by atoms with van der Waals surface area (Å²) in [6, 6.07) is 6.70. The van der Waals surface area contributed by atoms with Gasteiger partial charge in [-0.15, -0.1) is 0 Å². The molecule has 0 saturated heterocycles. The van der Waals surface area contributed by atoms with Gasteiger partial charge in [-0.2, -0.15) is 0 Å². The number of benzene rings is 1. The number of hydrogen-bond donors (Lipinski definition) is 3. The van der Waals surface area contributed by atoms with Gasteiger partial charge < -0.3 is 20.7 Å². The number of nitrogens with one attached hydrogen (secondary N) is 3. The van der Waals surface area contributed by atoms with E-state index in [0.29, 0.717) is 17.7 Å². The number of unbranched alkanes of at least 4 members (excludes halogenated alkanes) is 11. The lowest BCUT2D eigenvalue weighted by Crippen LogP contribution is -2.56. The third-order valence-electron chi connectivity index (χ3n) is 5.75. The molecule has 0 aromatic heterocycles. The molecule has 36 heavy (non-hydrogen) atoms. The Morgan fingerprint density at radius 2 is 1.42 bits per heavy atom. The highest BCUT2D eigenvalue weighted by molar-refractivity contribution is 7.80. The molecule has 6 nitrogen and oxygen atoms in total. The van der Waals surface area contributed by atoms with Gasteiger partial charge in [0.05, 0.1) is 18.4 Å². The van der Waals surface area contributed by atoms with Crippen LogP contribution in [0.2, 0.25) is 0 Å². The summed E-state index contributed by atoms with van der Waals surface area (Å²) >= 11 is 23.5. The quantitative estimate of drug-likeness (QED) is 0.0577. The number of halogens is 3. The first-order chi connectivity index (χ1) is 17.2. The number of alkyl halides is 3. The van der Waals surface area contributed by atoms with Gasteiger partial charge in [-0.1, -0.05) is 124 Å². The van der Waals surface area contributed by atoms with E-state index in [4.69, 9.17) is 51.8 Å². The molecule has 1 amide bonds. The molecule has 1 aromatic rings. The maximum absolute atomic E-state index is 12.5. The molecule has 1 rings (SSSR count). The molecule has 0 aliphatic rings. The molecule has 0 unspecified atom stereocenters. The van der Waals surface area contributed by atoms with Gasteiger partial charge in [-0.05, 0) is 30.8 Å². The van der Waals surface area contributed by atoms with Crippen molar-refractivity contribution in [2.24, 2.45) is 0 Å². The number of carbonyl (C=O) groups is 2. The fraction of sp³-hybridized carbons (Fsp3) is 0.654. The molecule has 0 fully saturated rings. The molecule has 1 atom stereocenters. The van der Waals surface area contributed by atoms with Gasteiger partial charge in [-0.3, -0.25) is 4.79 Å². The van der Waals surface area contributed by atoms with Crippen LogP contribution in [0.1, 0.15) is 101 Å². The number of para-hydroxylation sites is 1. The van der Waals surface area contributed by atoms with Crippen LogP contribution in [0.25, 0.3) is 0 Å². The van der Waals surface area contributed by atoms with Crippen molar-refractivity contribution in [3.63, 3.8) is 0 Å². The van der Waals surface area contributed by atoms with Gasteiger partial charge in [0.2, 0.25) is 9.70 Å². The van der Waals surface area contributed by atoms with E-state index in [0.717, 1.165) is 19.3 Å². The molecule has 1 aromatic carbocycles. The molecular weight excluding hydrogens is 541 g/mol. The van der Waals surface area contributed by atoms with Crippen molar-refractivity contribution in [2.45, 2.75) is 100 Å². The molecule has 0 heterocycles. The number of ether oxygens (including phenoxy) is 1. The van der Waals surface area contributed by atoms with Crippen molar-refractivity contribution in [3.8, 4) is 0 Å². The highest BCUT2D eigenvalue weighted by atomic mass is 35.6. The van der Waals surface area contributed by atoms with Crippen LogP contribution in [0.5, 0.6) is 0 Å². The lowest BCUT2D eigenvalue weighted by Gasteiger charge is -2.28. The molecule has 0 aliphatic heterocycles. The molecule has 204 valence electrons. The Hall–Kier alpha value is -1.28. The largest absolute Gasteiger partial charge is 0.465 e. The van der Waals surface area contributed by atoms with E-state index in [-0.39, 0.29) is 11.0 Å². The van der Waals surface area contributed by atoms with Gasteiger partial charge in [0.15, 0.2) is 5.11 Å². The lowest BCUT2D eigenvalue weighted by atomic mass is 10.0. The van der Waals surface area contributed by atoms with Crippen molar-refractivity contribution < 1.29 is 14.3 Å². The Kier molecular flexibility index (Phi) is 17.2. The van der Waals surface area contributed by atoms with Gasteiger partial charge in [0, 0.05) is 6.42 Å². The zero-order chi connectivity index (χ0) is 26.8. The number of carbonyl (C=O) groups excluding carboxylic acids is 2. The zero-order valence-electron chi connectivity index (χ0n) is 21.3. The summed E-state index contributed by atoms with van der Waals surface area (Å²) in [6.45, 7) is 2.24. The number of hydrogen-bond acceptors (Lipinski definition) is 4. The first kappa shape index (κ1) is 32.7. The molecule has 0 bridgehead atoms. The molecular formula is C26H40Cl3N3O3S. The summed E-state index contributed by atoms with van der Waals surface area (Å²) in [5.74, 6) is -0.752. The minimum Gasteiger partial charge on any atom is -0.465 e. The van der Waals surface area contributed by atoms with Crippen molar-refractivity contribution in [2.75, 3.05) is 12.4 Å². The summed E-state index contributed by atoms with van der Waals surface area (Å²) in [5, 5.41) is 8.47. The lowest BCUT2D eigenvalue weighted by molar-refractivity contribution is -0.122. The Morgan fingerprint density at radius 1 is 0.889 bits per heavy atom. The van der Waals surface area contributed by atoms with E-state index in [1.807, 2.05) is 0 Å². The van der Waals surface area contributed by atoms with Crippen LogP contribution in [-0.4, -0.2) is 34.1 Å². The van der Waals surface area contributed by atoms with E-state index >= 15 is 0 Å². The van der Waals surface area contributed by atoms with Crippen molar-refractivity contribution in [1.82, 2.24) is 10.6 Å². The van der Waals surface area contributed by atoms with E-state index < -0.39 is 15.9 Å². The Balaban J connectivity index is 2.35. The number of thiocarbonyl (C=S) groups is 1. The van der Waals surface area contributed by atoms with Crippen LogP contribution in [0, 0.1) is 0 Å². The molecule has 3 N–H and O–H groups in total. The second-order valence-electron chi connectivity index (χ2n) is 8.82. The zero-order valence-corrected chi connectivity index (χ0v) is 24.4. The summed E-state index contributed by atoms with van der Waals surface area (Å²) in [4.78, 5) is 24.4. The van der Waals surface area contributed by atoms with Gasteiger partial charge in [0.25, 0.3) is 0 Å². The van der Waals surface area contributed by atoms with E-state index in [9.17, 15) is 9.59 Å². The minimum absolute atomic E-state index is 0.0772. The third-order valence-corrected chi connectivity index (χ3v) is 6.62. The maximum atomic E-state index is 12.5. The molecule has 0 aliphatic carbocycles. The smallest absolute Gasteiger partial charge is 0.339 e. The Morgan fingerprint density at radius 3 is 1.94 bits per heavy atom. The molecule has 0 radical (unpaired) electrons. The Labute approximate surface area is 236 Å². The summed E-state index contributed by atoms with van der Waals surface area (Å²) < 4.78 is 2.93. The van der Waals surface area contributed by atoms with Crippen LogP contribution in [0.4, 0.5) is 5.69 Å². The average Bonchev–Trinajstić information content (AvgIpc) is 2.83. The third kappa shape index (κ3) is 14.5. The van der Waals surface area contributed by atoms with Crippen LogP contribution in [0.3, 0.4) is 0 Å². The van der Waals surface area contributed by atoms with Crippen LogP contribution in [-0.2, 0) is 9.53 Å². The Bertz CT molecular complexity index is 806. The summed E-state index contributed by atoms with van der Waals surface area (Å²) in [5.41, 5.74) is 0.721. The average molecular weight is 581 g/mol. The maximum Gasteiger partial charge on any atom is 0.339 e. The number of amides is 1. The number of methoxy groups -OCH3 is 1. The normalized spacial score (nSPS) is 12.0. The number of esters is 1. The van der Waals surface area contributed by atoms with Crippen molar-refractivity contribution >= 4 is 69.7 Å². The second kappa shape index (κ2) is 18.9. The summed E-state index contributed by atoms with van der Waals surface area (Å²) in [6.07, 6.45) is 13.9. The topological polar surface area (TPSA) is 79.5 Å². The van der Waals surface area contributed by atoms with Gasteiger partial charge in [-0.25, -0.2) is 4.79 Å². The SMILES string of the molecule is CCCCCCCCCCCCCCC(=O)N[C@@H](NC(=S)Nc1ccccc1C(=O)OC)C(Cl)(Cl)Cl. The second-order valence-corrected chi connectivity index (χ2v) is 11.6. The van der Waals surface area contributed by atoms with Gasteiger partial charge in [0.1, 0.15) is 6.17 Å². The number of anilines is 1. The van der Waals surface area contributed by atoms with E-state index in [1.165, 1.54) is 64.9 Å². The standard InChI is InChI=1S/C26H40Cl3N3O3S/c1-3-4-5-6-7-8-9-10-11-12-13-14-19-22(33)31-24(26(27,28)29)32-25(36)30-21-18-16-15-17-20(21)23(34)35-2/h15-18,24H,3-14,19H2,1-2H3,(H,31,33)(H2,30,32,36)/t24-/m0/s1. The summed E-state index contributed by atoms with van der Waals surface area (Å²) in [7, 11) is 1.29. The van der Waals surface area contributed by atoms with Crippen molar-refractivity contribution in [3.05, 3.63) is 29.8 Å². The van der Waals surface area contributed by atoms with E-state index in [1.54, 1.807) is 24.3 Å². The monoisotopic (exact) mass is 579 g/mol. The fourth-order valence-corrected chi connectivity index (χ4v) is 4.28. The first-order valence-corrected chi connectivity index (χ1v) is 14.3. The van der Waals surface area contributed by atoms with Crippen LogP contribution in [0.15, 0.2) is 24.3 Å². The predicted molar refractivity (Wildman–Crippen MR) is 155 cm³/mol. The van der Waals surface area contributed by atoms with Crippen LogP contribution < -0.4 is 16.0 Å². The minimum atomic E-state index is -1.85. The van der Waals surface area contributed by atoms with E-state index in [2.05, 4.69) is 22.9 Å². The number of rotatable bonds is 17. The molecule has 0 saturated carbocycles. The fourth-order valence-electron chi connectivity index (χ4n) is 3.73. The van der Waals surface area contributed by atoms with Gasteiger partial charge >= 0.3 is 5.97 Å². The first-order valence-electron chi connectivity index (χ1n) is 12.8. The highest BCUT2D eigenvalue weighted by Crippen LogP contribution is 2.29. The van der Waals surface area contributed by atoms with Crippen LogP contribution >= 0.6 is 47.0 Å². The predicted octanol–water partition coefficient (Wildman–Crippen LogP) is 7.66. The van der Waals surface area contributed by atoms with Crippen molar-refractivity contribution in [1.29, 1.82) is 0 Å².